The molecule has 0 bridgehead atoms. The van der Waals surface area contributed by atoms with Crippen molar-refractivity contribution >= 4 is 13.7 Å². The minimum absolute atomic E-state index is 0.0486. The van der Waals surface area contributed by atoms with E-state index in [0.29, 0.717) is 17.4 Å². The normalized spacial score (nSPS) is 14.5. The molecule has 0 fully saturated rings. The van der Waals surface area contributed by atoms with Gasteiger partial charge in [0.25, 0.3) is 0 Å². The molecular formula is C81H140N2O6P+. The Hall–Kier alpha value is -3.88. The average Bonchev–Trinajstić information content (AvgIpc) is 3.09. The van der Waals surface area contributed by atoms with Crippen molar-refractivity contribution in [3.05, 3.63) is 158 Å². The second-order valence-corrected chi connectivity index (χ2v) is 27.0. The fourth-order valence-corrected chi connectivity index (χ4v) is 10.8. The lowest BCUT2D eigenvalue weighted by atomic mass is 10.0. The summed E-state index contributed by atoms with van der Waals surface area (Å²) in [5.41, 5.74) is 0. The molecule has 3 N–H and O–H groups in total. The van der Waals surface area contributed by atoms with Crippen LogP contribution in [0.25, 0.3) is 0 Å². The minimum Gasteiger partial charge on any atom is -0.387 e. The number of hydrogen-bond acceptors (Lipinski definition) is 5. The first-order chi connectivity index (χ1) is 44.0. The van der Waals surface area contributed by atoms with Crippen LogP contribution in [-0.4, -0.2) is 73.4 Å². The number of quaternary nitrogens is 1. The number of phosphoric ester groups is 1. The molecule has 0 spiro atoms. The Morgan fingerprint density at radius 3 is 0.978 bits per heavy atom. The molecule has 0 saturated carbocycles. The van der Waals surface area contributed by atoms with Crippen LogP contribution in [0, 0.1) is 0 Å². The van der Waals surface area contributed by atoms with E-state index in [2.05, 4.69) is 165 Å². The molecule has 0 saturated heterocycles. The number of aliphatic hydroxyl groups is 1. The first kappa shape index (κ1) is 86.1. The summed E-state index contributed by atoms with van der Waals surface area (Å²) in [6.07, 6.45) is 108. The summed E-state index contributed by atoms with van der Waals surface area (Å²) in [6, 6.07) is -0.874. The third kappa shape index (κ3) is 71.6. The highest BCUT2D eigenvalue weighted by Crippen LogP contribution is 2.43. The van der Waals surface area contributed by atoms with E-state index < -0.39 is 20.0 Å². The van der Waals surface area contributed by atoms with E-state index >= 15 is 0 Å². The second-order valence-electron chi connectivity index (χ2n) is 25.6. The van der Waals surface area contributed by atoms with Crippen LogP contribution in [0.2, 0.25) is 0 Å². The summed E-state index contributed by atoms with van der Waals surface area (Å²) in [5, 5.41) is 14.0. The van der Waals surface area contributed by atoms with E-state index in [1.165, 1.54) is 148 Å². The molecule has 0 aromatic rings. The topological polar surface area (TPSA) is 105 Å². The Morgan fingerprint density at radius 1 is 0.389 bits per heavy atom. The number of phosphoric acid groups is 1. The molecule has 0 aliphatic rings. The van der Waals surface area contributed by atoms with E-state index in [9.17, 15) is 19.4 Å². The monoisotopic (exact) mass is 1270 g/mol. The number of amides is 1. The first-order valence-corrected chi connectivity index (χ1v) is 38.4. The highest BCUT2D eigenvalue weighted by molar-refractivity contribution is 7.47. The zero-order valence-electron chi connectivity index (χ0n) is 58.8. The van der Waals surface area contributed by atoms with Crippen molar-refractivity contribution in [3.8, 4) is 0 Å². The minimum atomic E-state index is -4.37. The van der Waals surface area contributed by atoms with Gasteiger partial charge in [-0.2, -0.15) is 0 Å². The predicted octanol–water partition coefficient (Wildman–Crippen LogP) is 24.1. The van der Waals surface area contributed by atoms with Crippen LogP contribution in [0.1, 0.15) is 296 Å². The zero-order valence-corrected chi connectivity index (χ0v) is 59.7. The Morgan fingerprint density at radius 2 is 0.667 bits per heavy atom. The van der Waals surface area contributed by atoms with E-state index in [0.717, 1.165) is 128 Å². The predicted molar refractivity (Wildman–Crippen MR) is 396 cm³/mol. The molecule has 514 valence electrons. The van der Waals surface area contributed by atoms with Crippen molar-refractivity contribution in [1.82, 2.24) is 5.32 Å². The van der Waals surface area contributed by atoms with Gasteiger partial charge in [-0.15, -0.1) is 0 Å². The fraction of sp³-hybridized carbons (Fsp3) is 0.667. The molecule has 0 aliphatic heterocycles. The molecule has 3 atom stereocenters. The molecule has 8 nitrogen and oxygen atoms in total. The number of hydrogen-bond donors (Lipinski definition) is 3. The molecule has 0 heterocycles. The molecule has 0 aromatic carbocycles. The number of aliphatic hydroxyl groups excluding tert-OH is 1. The summed E-state index contributed by atoms with van der Waals surface area (Å²) in [7, 11) is 1.54. The number of allylic oxidation sites excluding steroid dienone is 25. The highest BCUT2D eigenvalue weighted by atomic mass is 31.2. The van der Waals surface area contributed by atoms with Gasteiger partial charge in [-0.05, 0) is 109 Å². The van der Waals surface area contributed by atoms with Crippen LogP contribution >= 0.6 is 7.82 Å². The van der Waals surface area contributed by atoms with Gasteiger partial charge in [-0.1, -0.05) is 339 Å². The maximum Gasteiger partial charge on any atom is 0.472 e. The standard InChI is InChI=1S/C81H139N2O6P/c1-6-8-10-12-14-16-18-20-22-24-26-28-30-32-34-35-36-37-38-39-40-41-42-43-44-45-46-47-49-51-53-55-57-59-61-63-65-67-69-71-73-75-81(85)82-79(78-89-90(86,87)88-77-76-83(3,4)5)80(84)74-72-70-68-66-64-62-60-58-56-54-52-50-48-33-31-29-27-25-23-21-19-17-15-13-11-9-7-2/h8,10,14,16,20,22,26,28,32,34,36-37,39-40,42-43,45-46,49,51,55,57,61,63,72,74,79-80,84H,6-7,9,11-13,15,17-19,21,23-25,27,29-31,33,35,38,41,44,47-48,50,52-54,56,58-60,62,64-71,73,75-78H2,1-5H3,(H-,82,85,86,87)/p+1/b10-8-,16-14-,22-20-,28-26-,34-32-,37-36-,40-39-,43-42-,46-45-,51-49-,57-55-,63-61-,74-72+. The molecule has 0 rings (SSSR count). The molecule has 90 heavy (non-hydrogen) atoms. The van der Waals surface area contributed by atoms with Crippen molar-refractivity contribution in [3.63, 3.8) is 0 Å². The lowest BCUT2D eigenvalue weighted by Crippen LogP contribution is -2.45. The number of rotatable bonds is 66. The van der Waals surface area contributed by atoms with E-state index in [-0.39, 0.29) is 19.1 Å². The molecule has 3 unspecified atom stereocenters. The number of nitrogens with one attached hydrogen (secondary N) is 1. The largest absolute Gasteiger partial charge is 0.472 e. The van der Waals surface area contributed by atoms with Gasteiger partial charge in [0.1, 0.15) is 13.2 Å². The molecule has 1 amide bonds. The Bertz CT molecular complexity index is 2030. The fourth-order valence-electron chi connectivity index (χ4n) is 10.1. The van der Waals surface area contributed by atoms with Crippen LogP contribution < -0.4 is 5.32 Å². The molecule has 0 aliphatic carbocycles. The maximum atomic E-state index is 13.1. The summed E-state index contributed by atoms with van der Waals surface area (Å²) in [5.74, 6) is -0.204. The summed E-state index contributed by atoms with van der Waals surface area (Å²) in [6.45, 7) is 4.69. The third-order valence-electron chi connectivity index (χ3n) is 15.8. The van der Waals surface area contributed by atoms with Gasteiger partial charge in [0.15, 0.2) is 0 Å². The van der Waals surface area contributed by atoms with Crippen LogP contribution in [0.5, 0.6) is 0 Å². The van der Waals surface area contributed by atoms with Gasteiger partial charge in [0, 0.05) is 6.42 Å². The van der Waals surface area contributed by atoms with Crippen molar-refractivity contribution in [2.24, 2.45) is 0 Å². The third-order valence-corrected chi connectivity index (χ3v) is 16.7. The van der Waals surface area contributed by atoms with E-state index in [4.69, 9.17) is 9.05 Å². The van der Waals surface area contributed by atoms with Crippen LogP contribution in [0.15, 0.2) is 158 Å². The molecule has 0 radical (unpaired) electrons. The molecule has 0 aromatic heterocycles. The summed E-state index contributed by atoms with van der Waals surface area (Å²) in [4.78, 5) is 23.4. The van der Waals surface area contributed by atoms with Crippen molar-refractivity contribution < 1.29 is 32.9 Å². The zero-order chi connectivity index (χ0) is 65.5. The van der Waals surface area contributed by atoms with E-state index in [1.54, 1.807) is 6.08 Å². The highest BCUT2D eigenvalue weighted by Gasteiger charge is 2.28. The Labute approximate surface area is 556 Å². The summed E-state index contributed by atoms with van der Waals surface area (Å²) >= 11 is 0. The van der Waals surface area contributed by atoms with Crippen LogP contribution in [0.4, 0.5) is 0 Å². The first-order valence-electron chi connectivity index (χ1n) is 36.9. The smallest absolute Gasteiger partial charge is 0.387 e. The van der Waals surface area contributed by atoms with Crippen LogP contribution in [-0.2, 0) is 18.4 Å². The second kappa shape index (κ2) is 69.5. The number of carbonyl (C=O) groups excluding carboxylic acids is 1. The number of nitrogens with zero attached hydrogens (tertiary/aromatic N) is 1. The molecule has 9 heteroatoms. The van der Waals surface area contributed by atoms with Gasteiger partial charge in [0.2, 0.25) is 5.91 Å². The van der Waals surface area contributed by atoms with Crippen molar-refractivity contribution in [2.45, 2.75) is 309 Å². The van der Waals surface area contributed by atoms with Gasteiger partial charge in [0.05, 0.1) is 39.9 Å². The van der Waals surface area contributed by atoms with Crippen LogP contribution in [0.3, 0.4) is 0 Å². The quantitative estimate of drug-likeness (QED) is 0.0243. The lowest BCUT2D eigenvalue weighted by molar-refractivity contribution is -0.870. The van der Waals surface area contributed by atoms with Crippen molar-refractivity contribution in [1.29, 1.82) is 0 Å². The number of likely N-dealkylation sites (N-methyl/N-ethyl adjacent to an activating group) is 1. The van der Waals surface area contributed by atoms with Crippen molar-refractivity contribution in [2.75, 3.05) is 40.9 Å². The maximum absolute atomic E-state index is 13.1. The lowest BCUT2D eigenvalue weighted by Gasteiger charge is -2.25. The molecular weight excluding hydrogens is 1130 g/mol. The van der Waals surface area contributed by atoms with E-state index in [1.807, 2.05) is 27.2 Å². The van der Waals surface area contributed by atoms with Gasteiger partial charge in [-0.3, -0.25) is 13.8 Å². The Balaban J connectivity index is 4.19. The SMILES string of the molecule is CC/C=C\C/C=C\C/C=C\C/C=C\C/C=C\C/C=C\C/C=C\C/C=C\C/C=C\C/C=C\C/C=C\C/C=C\CCCCCCC(=O)NC(COP(=O)(O)OCC[N+](C)(C)C)C(O)/C=C/CCCCCCCCCCCCCCCCCCCCCCCCCCC. The van der Waals surface area contributed by atoms with Gasteiger partial charge < -0.3 is 19.8 Å². The number of carbonyl (C=O) groups is 1. The average molecular weight is 1270 g/mol. The number of unbranched alkanes of at least 4 members (excludes halogenated alkanes) is 29. The summed E-state index contributed by atoms with van der Waals surface area (Å²) < 4.78 is 23.8. The Kier molecular flexibility index (Phi) is 66.5. The van der Waals surface area contributed by atoms with Gasteiger partial charge in [-0.25, -0.2) is 4.57 Å². The van der Waals surface area contributed by atoms with Gasteiger partial charge >= 0.3 is 7.82 Å².